The highest BCUT2D eigenvalue weighted by Gasteiger charge is 2.09. The van der Waals surface area contributed by atoms with Crippen LogP contribution in [0.2, 0.25) is 0 Å². The van der Waals surface area contributed by atoms with Crippen LogP contribution in [0.5, 0.6) is 5.75 Å². The first kappa shape index (κ1) is 15.7. The molecule has 3 rings (SSSR count). The summed E-state index contributed by atoms with van der Waals surface area (Å²) in [6.45, 7) is 2.21. The lowest BCUT2D eigenvalue weighted by atomic mass is 10.1. The number of hydrogen-bond acceptors (Lipinski definition) is 4. The molecule has 2 heterocycles. The van der Waals surface area contributed by atoms with Crippen LogP contribution in [0.4, 0.5) is 0 Å². The molecule has 0 unspecified atom stereocenters. The number of ether oxygens (including phenoxy) is 2. The van der Waals surface area contributed by atoms with Gasteiger partial charge in [-0.1, -0.05) is 12.8 Å². The maximum atomic E-state index is 5.78. The lowest BCUT2D eigenvalue weighted by Gasteiger charge is -2.07. The number of aliphatic imine (C=N–C) groups is 1. The molecule has 1 aromatic heterocycles. The van der Waals surface area contributed by atoms with Crippen LogP contribution in [-0.2, 0) is 11.2 Å². The molecule has 0 fully saturated rings. The summed E-state index contributed by atoms with van der Waals surface area (Å²) in [7, 11) is 0. The standard InChI is InChI=1S/C19H23NO3/c1(3-6-17-7-5-14-22-17)2-4-13-21-18-10-8-16(9-11-18)19-20-12-15-23-19/h5,7-11,14H,1-4,6,12-13,15H2. The van der Waals surface area contributed by atoms with Gasteiger partial charge in [0.25, 0.3) is 0 Å². The third-order valence-corrected chi connectivity index (χ3v) is 3.85. The zero-order chi connectivity index (χ0) is 15.7. The fraction of sp³-hybridized carbons (Fsp3) is 0.421. The van der Waals surface area contributed by atoms with Gasteiger partial charge in [-0.15, -0.1) is 0 Å². The van der Waals surface area contributed by atoms with Gasteiger partial charge in [-0.2, -0.15) is 0 Å². The van der Waals surface area contributed by atoms with E-state index < -0.39 is 0 Å². The molecule has 1 aliphatic rings. The number of hydrogen-bond donors (Lipinski definition) is 0. The summed E-state index contributed by atoms with van der Waals surface area (Å²) in [6.07, 6.45) is 7.41. The van der Waals surface area contributed by atoms with E-state index in [1.165, 1.54) is 19.3 Å². The van der Waals surface area contributed by atoms with Crippen LogP contribution >= 0.6 is 0 Å². The third kappa shape index (κ3) is 4.88. The monoisotopic (exact) mass is 313 g/mol. The Balaban J connectivity index is 1.28. The smallest absolute Gasteiger partial charge is 0.216 e. The number of benzene rings is 1. The average Bonchev–Trinajstić information content (AvgIpc) is 3.28. The summed E-state index contributed by atoms with van der Waals surface area (Å²) in [4.78, 5) is 4.30. The zero-order valence-electron chi connectivity index (χ0n) is 13.4. The summed E-state index contributed by atoms with van der Waals surface area (Å²) in [6, 6.07) is 12.0. The predicted octanol–water partition coefficient (Wildman–Crippen LogP) is 4.24. The van der Waals surface area contributed by atoms with E-state index in [0.717, 1.165) is 49.0 Å². The van der Waals surface area contributed by atoms with E-state index in [1.54, 1.807) is 6.26 Å². The lowest BCUT2D eigenvalue weighted by Crippen LogP contribution is -2.01. The fourth-order valence-corrected chi connectivity index (χ4v) is 2.60. The average molecular weight is 313 g/mol. The molecule has 0 N–H and O–H groups in total. The fourth-order valence-electron chi connectivity index (χ4n) is 2.60. The summed E-state index contributed by atoms with van der Waals surface area (Å²) < 4.78 is 16.5. The van der Waals surface area contributed by atoms with E-state index in [0.29, 0.717) is 6.61 Å². The molecule has 2 aromatic rings. The van der Waals surface area contributed by atoms with E-state index in [4.69, 9.17) is 13.9 Å². The summed E-state index contributed by atoms with van der Waals surface area (Å²) in [5.74, 6) is 2.73. The van der Waals surface area contributed by atoms with Crippen molar-refractivity contribution in [3.8, 4) is 5.75 Å². The van der Waals surface area contributed by atoms with Gasteiger partial charge in [0.15, 0.2) is 0 Å². The first-order valence-corrected chi connectivity index (χ1v) is 8.35. The quantitative estimate of drug-likeness (QED) is 0.650. The predicted molar refractivity (Wildman–Crippen MR) is 90.2 cm³/mol. The minimum Gasteiger partial charge on any atom is -0.494 e. The van der Waals surface area contributed by atoms with Gasteiger partial charge in [0.05, 0.1) is 19.4 Å². The van der Waals surface area contributed by atoms with Crippen LogP contribution < -0.4 is 4.74 Å². The Morgan fingerprint density at radius 1 is 1.00 bits per heavy atom. The summed E-state index contributed by atoms with van der Waals surface area (Å²) >= 11 is 0. The van der Waals surface area contributed by atoms with Crippen molar-refractivity contribution in [1.82, 2.24) is 0 Å². The SMILES string of the molecule is c1coc(CCCCCCOc2ccc(C3=NCCO3)cc2)c1. The lowest BCUT2D eigenvalue weighted by molar-refractivity contribution is 0.304. The number of furan rings is 1. The Morgan fingerprint density at radius 3 is 2.61 bits per heavy atom. The van der Waals surface area contributed by atoms with Crippen molar-refractivity contribution in [2.24, 2.45) is 4.99 Å². The van der Waals surface area contributed by atoms with E-state index in [-0.39, 0.29) is 0 Å². The maximum absolute atomic E-state index is 5.78. The van der Waals surface area contributed by atoms with Crippen LogP contribution in [-0.4, -0.2) is 25.7 Å². The minimum absolute atomic E-state index is 0.688. The molecule has 122 valence electrons. The molecule has 0 spiro atoms. The minimum atomic E-state index is 0.688. The second kappa shape index (κ2) is 8.42. The van der Waals surface area contributed by atoms with Crippen molar-refractivity contribution in [3.05, 3.63) is 54.0 Å². The van der Waals surface area contributed by atoms with Crippen molar-refractivity contribution in [3.63, 3.8) is 0 Å². The molecule has 0 atom stereocenters. The van der Waals surface area contributed by atoms with E-state index in [1.807, 2.05) is 36.4 Å². The van der Waals surface area contributed by atoms with E-state index in [2.05, 4.69) is 4.99 Å². The van der Waals surface area contributed by atoms with Gasteiger partial charge in [0, 0.05) is 12.0 Å². The molecular formula is C19H23NO3. The Labute approximate surface area is 137 Å². The van der Waals surface area contributed by atoms with Gasteiger partial charge in [-0.05, 0) is 49.2 Å². The number of aryl methyl sites for hydroxylation is 1. The number of unbranched alkanes of at least 4 members (excludes halogenated alkanes) is 3. The van der Waals surface area contributed by atoms with Gasteiger partial charge in [-0.25, -0.2) is 4.99 Å². The topological polar surface area (TPSA) is 44.0 Å². The first-order valence-electron chi connectivity index (χ1n) is 8.35. The normalized spacial score (nSPS) is 13.7. The van der Waals surface area contributed by atoms with Crippen molar-refractivity contribution >= 4 is 5.90 Å². The van der Waals surface area contributed by atoms with Crippen molar-refractivity contribution in [1.29, 1.82) is 0 Å². The molecule has 1 aliphatic heterocycles. The Hall–Kier alpha value is -2.23. The maximum Gasteiger partial charge on any atom is 0.216 e. The molecule has 0 radical (unpaired) electrons. The van der Waals surface area contributed by atoms with Gasteiger partial charge >= 0.3 is 0 Å². The molecule has 23 heavy (non-hydrogen) atoms. The van der Waals surface area contributed by atoms with Gasteiger partial charge in [-0.3, -0.25) is 0 Å². The van der Waals surface area contributed by atoms with Crippen LogP contribution in [0, 0.1) is 0 Å². The molecule has 0 aliphatic carbocycles. The van der Waals surface area contributed by atoms with Crippen LogP contribution in [0.15, 0.2) is 52.1 Å². The largest absolute Gasteiger partial charge is 0.494 e. The van der Waals surface area contributed by atoms with Crippen LogP contribution in [0.25, 0.3) is 0 Å². The van der Waals surface area contributed by atoms with Crippen molar-refractivity contribution < 1.29 is 13.9 Å². The molecule has 1 aromatic carbocycles. The summed E-state index contributed by atoms with van der Waals surface area (Å²) in [5, 5.41) is 0. The first-order chi connectivity index (χ1) is 11.4. The van der Waals surface area contributed by atoms with Crippen LogP contribution in [0.3, 0.4) is 0 Å². The Bertz CT molecular complexity index is 602. The molecule has 4 heteroatoms. The van der Waals surface area contributed by atoms with Gasteiger partial charge in [0.1, 0.15) is 18.1 Å². The van der Waals surface area contributed by atoms with Crippen molar-refractivity contribution in [2.75, 3.05) is 19.8 Å². The van der Waals surface area contributed by atoms with Crippen molar-refractivity contribution in [2.45, 2.75) is 32.1 Å². The zero-order valence-corrected chi connectivity index (χ0v) is 13.4. The number of nitrogens with zero attached hydrogens (tertiary/aromatic N) is 1. The summed E-state index contributed by atoms with van der Waals surface area (Å²) in [5.41, 5.74) is 1.02. The third-order valence-electron chi connectivity index (χ3n) is 3.85. The highest BCUT2D eigenvalue weighted by Crippen LogP contribution is 2.15. The molecular weight excluding hydrogens is 290 g/mol. The molecule has 0 saturated carbocycles. The van der Waals surface area contributed by atoms with E-state index >= 15 is 0 Å². The highest BCUT2D eigenvalue weighted by atomic mass is 16.5. The second-order valence-electron chi connectivity index (χ2n) is 5.65. The second-order valence-corrected chi connectivity index (χ2v) is 5.65. The van der Waals surface area contributed by atoms with Gasteiger partial charge < -0.3 is 13.9 Å². The Morgan fingerprint density at radius 2 is 1.87 bits per heavy atom. The van der Waals surface area contributed by atoms with Crippen LogP contribution in [0.1, 0.15) is 37.0 Å². The van der Waals surface area contributed by atoms with E-state index in [9.17, 15) is 0 Å². The Kier molecular flexibility index (Phi) is 5.73. The highest BCUT2D eigenvalue weighted by molar-refractivity contribution is 5.94. The molecule has 0 amide bonds. The van der Waals surface area contributed by atoms with Gasteiger partial charge in [0.2, 0.25) is 5.90 Å². The molecule has 0 bridgehead atoms. The molecule has 4 nitrogen and oxygen atoms in total. The molecule has 0 saturated heterocycles. The number of rotatable bonds is 9.